The summed E-state index contributed by atoms with van der Waals surface area (Å²) in [5, 5.41) is 14.6. The lowest BCUT2D eigenvalue weighted by Gasteiger charge is -2.37. The zero-order valence-corrected chi connectivity index (χ0v) is 19.5. The molecule has 2 aromatic rings. The van der Waals surface area contributed by atoms with Crippen LogP contribution in [-0.4, -0.2) is 53.9 Å². The van der Waals surface area contributed by atoms with Gasteiger partial charge in [-0.2, -0.15) is 0 Å². The zero-order chi connectivity index (χ0) is 21.8. The van der Waals surface area contributed by atoms with Crippen LogP contribution in [0.4, 0.5) is 10.7 Å². The first-order valence-corrected chi connectivity index (χ1v) is 12.2. The molecule has 4 rings (SSSR count). The van der Waals surface area contributed by atoms with Crippen LogP contribution in [0.1, 0.15) is 47.0 Å². The summed E-state index contributed by atoms with van der Waals surface area (Å²) in [6.07, 6.45) is 5.42. The second-order valence-corrected chi connectivity index (χ2v) is 9.41. The predicted molar refractivity (Wildman–Crippen MR) is 130 cm³/mol. The Bertz CT molecular complexity index is 952. The largest absolute Gasteiger partial charge is 0.508 e. The first-order valence-electron chi connectivity index (χ1n) is 11.0. The molecule has 31 heavy (non-hydrogen) atoms. The summed E-state index contributed by atoms with van der Waals surface area (Å²) in [4.78, 5) is 18.4. The van der Waals surface area contributed by atoms with E-state index in [1.54, 1.807) is 23.5 Å². The van der Waals surface area contributed by atoms with Gasteiger partial charge in [0.05, 0.1) is 12.2 Å². The van der Waals surface area contributed by atoms with Gasteiger partial charge in [-0.05, 0) is 62.5 Å². The van der Waals surface area contributed by atoms with E-state index in [-0.39, 0.29) is 11.7 Å². The summed E-state index contributed by atoms with van der Waals surface area (Å²) in [5.74, 6) is 0.0296. The summed E-state index contributed by atoms with van der Waals surface area (Å²) in [6, 6.07) is 7.34. The van der Waals surface area contributed by atoms with E-state index in [0.717, 1.165) is 68.1 Å². The molecule has 0 saturated carbocycles. The fraction of sp³-hybridized carbons (Fsp3) is 0.478. The van der Waals surface area contributed by atoms with E-state index in [1.807, 2.05) is 19.1 Å². The highest BCUT2D eigenvalue weighted by atomic mass is 32.1. The Balaban J connectivity index is 1.45. The summed E-state index contributed by atoms with van der Waals surface area (Å²) >= 11 is 7.38. The zero-order valence-electron chi connectivity index (χ0n) is 17.9. The number of thiophene rings is 1. The van der Waals surface area contributed by atoms with E-state index in [1.165, 1.54) is 11.3 Å². The molecule has 0 amide bonds. The molecule has 1 fully saturated rings. The van der Waals surface area contributed by atoms with Crippen LogP contribution in [0, 0.1) is 0 Å². The number of rotatable bonds is 4. The number of fused-ring (bicyclic) bond motifs is 1. The number of phenols is 1. The molecule has 2 aliphatic rings. The average Bonchev–Trinajstić information content (AvgIpc) is 2.94. The third kappa shape index (κ3) is 4.96. The summed E-state index contributed by atoms with van der Waals surface area (Å²) < 4.78 is 5.38. The Morgan fingerprint density at radius 1 is 1.19 bits per heavy atom. The Labute approximate surface area is 192 Å². The third-order valence-electron chi connectivity index (χ3n) is 5.88. The monoisotopic (exact) mass is 459 g/mol. The van der Waals surface area contributed by atoms with Crippen molar-refractivity contribution in [3.05, 3.63) is 40.3 Å². The Hall–Kier alpha value is -2.32. The minimum atomic E-state index is -0.249. The summed E-state index contributed by atoms with van der Waals surface area (Å²) in [6.45, 7) is 5.40. The van der Waals surface area contributed by atoms with Gasteiger partial charge in [-0.1, -0.05) is 12.5 Å². The van der Waals surface area contributed by atoms with Crippen molar-refractivity contribution in [1.82, 2.24) is 4.90 Å². The predicted octanol–water partition coefficient (Wildman–Crippen LogP) is 4.42. The standard InChI is InChI=1S/C23H29N3O3S2/c1-2-29-22(28)20-18-9-4-3-5-10-19(18)31-21(20)24-23(30)26-13-11-25(12-14-26)16-7-6-8-17(27)15-16/h6-8,15,27H,2-5,9-14H2,1H3,(H,24,30). The van der Waals surface area contributed by atoms with Crippen molar-refractivity contribution >= 4 is 45.3 Å². The molecular weight excluding hydrogens is 430 g/mol. The van der Waals surface area contributed by atoms with Crippen molar-refractivity contribution in [3.63, 3.8) is 0 Å². The molecule has 0 radical (unpaired) electrons. The van der Waals surface area contributed by atoms with Crippen molar-refractivity contribution in [1.29, 1.82) is 0 Å². The van der Waals surface area contributed by atoms with Crippen LogP contribution in [0.15, 0.2) is 24.3 Å². The average molecular weight is 460 g/mol. The maximum Gasteiger partial charge on any atom is 0.341 e. The fourth-order valence-corrected chi connectivity index (χ4v) is 5.91. The number of nitrogens with one attached hydrogen (secondary N) is 1. The van der Waals surface area contributed by atoms with Gasteiger partial charge < -0.3 is 25.0 Å². The maximum atomic E-state index is 12.8. The van der Waals surface area contributed by atoms with E-state index in [4.69, 9.17) is 17.0 Å². The topological polar surface area (TPSA) is 65.0 Å². The number of thiocarbonyl (C=S) groups is 1. The number of benzene rings is 1. The first-order chi connectivity index (χ1) is 15.1. The number of piperazine rings is 1. The molecule has 1 aliphatic carbocycles. The lowest BCUT2D eigenvalue weighted by atomic mass is 10.1. The molecule has 8 heteroatoms. The van der Waals surface area contributed by atoms with Crippen molar-refractivity contribution in [2.75, 3.05) is 43.0 Å². The van der Waals surface area contributed by atoms with Gasteiger partial charge in [0.15, 0.2) is 5.11 Å². The lowest BCUT2D eigenvalue weighted by Crippen LogP contribution is -2.50. The van der Waals surface area contributed by atoms with Crippen molar-refractivity contribution in [3.8, 4) is 5.75 Å². The van der Waals surface area contributed by atoms with Gasteiger partial charge in [0, 0.05) is 42.8 Å². The number of ether oxygens (including phenoxy) is 1. The number of anilines is 2. The Kier molecular flexibility index (Phi) is 6.97. The van der Waals surface area contributed by atoms with Crippen LogP contribution in [0.2, 0.25) is 0 Å². The molecule has 0 atom stereocenters. The number of hydrogen-bond acceptors (Lipinski definition) is 6. The molecule has 6 nitrogen and oxygen atoms in total. The molecule has 0 unspecified atom stereocenters. The number of aryl methyl sites for hydroxylation is 1. The minimum absolute atomic E-state index is 0.249. The summed E-state index contributed by atoms with van der Waals surface area (Å²) in [5.41, 5.74) is 2.86. The molecule has 0 bridgehead atoms. The second-order valence-electron chi connectivity index (χ2n) is 7.91. The fourth-order valence-electron chi connectivity index (χ4n) is 4.28. The molecule has 0 spiro atoms. The Morgan fingerprint density at radius 2 is 1.97 bits per heavy atom. The molecule has 1 aromatic heterocycles. The highest BCUT2D eigenvalue weighted by molar-refractivity contribution is 7.80. The van der Waals surface area contributed by atoms with Gasteiger partial charge in [-0.3, -0.25) is 0 Å². The maximum absolute atomic E-state index is 12.8. The van der Waals surface area contributed by atoms with Crippen molar-refractivity contribution in [2.45, 2.75) is 39.0 Å². The number of nitrogens with zero attached hydrogens (tertiary/aromatic N) is 2. The SMILES string of the molecule is CCOC(=O)c1c(NC(=S)N2CCN(c3cccc(O)c3)CC2)sc2c1CCCCC2. The molecule has 2 N–H and O–H groups in total. The third-order valence-corrected chi connectivity index (χ3v) is 7.45. The van der Waals surface area contributed by atoms with Gasteiger partial charge in [0.2, 0.25) is 0 Å². The van der Waals surface area contributed by atoms with Crippen LogP contribution in [0.3, 0.4) is 0 Å². The summed E-state index contributed by atoms with van der Waals surface area (Å²) in [7, 11) is 0. The molecular formula is C23H29N3O3S2. The second kappa shape index (κ2) is 9.87. The van der Waals surface area contributed by atoms with Crippen LogP contribution in [-0.2, 0) is 17.6 Å². The number of carbonyl (C=O) groups excluding carboxylic acids is 1. The van der Waals surface area contributed by atoms with Crippen molar-refractivity contribution < 1.29 is 14.6 Å². The van der Waals surface area contributed by atoms with Gasteiger partial charge in [-0.25, -0.2) is 4.79 Å². The quantitative estimate of drug-likeness (QED) is 0.399. The number of carbonyl (C=O) groups is 1. The van der Waals surface area contributed by atoms with E-state index in [9.17, 15) is 9.90 Å². The van der Waals surface area contributed by atoms with E-state index in [2.05, 4.69) is 15.1 Å². The van der Waals surface area contributed by atoms with Crippen LogP contribution >= 0.6 is 23.6 Å². The van der Waals surface area contributed by atoms with Crippen LogP contribution in [0.5, 0.6) is 5.75 Å². The minimum Gasteiger partial charge on any atom is -0.508 e. The van der Waals surface area contributed by atoms with E-state index in [0.29, 0.717) is 17.3 Å². The number of phenolic OH excluding ortho intramolecular Hbond substituents is 1. The lowest BCUT2D eigenvalue weighted by molar-refractivity contribution is 0.0527. The molecule has 1 saturated heterocycles. The van der Waals surface area contributed by atoms with Gasteiger partial charge in [0.1, 0.15) is 10.8 Å². The normalized spacial score (nSPS) is 16.4. The van der Waals surface area contributed by atoms with Crippen LogP contribution in [0.25, 0.3) is 0 Å². The van der Waals surface area contributed by atoms with Crippen molar-refractivity contribution in [2.24, 2.45) is 0 Å². The molecule has 2 heterocycles. The number of esters is 1. The number of aromatic hydroxyl groups is 1. The molecule has 1 aromatic carbocycles. The highest BCUT2D eigenvalue weighted by Crippen LogP contribution is 2.38. The highest BCUT2D eigenvalue weighted by Gasteiger charge is 2.27. The number of hydrogen-bond donors (Lipinski definition) is 2. The Morgan fingerprint density at radius 3 is 2.71 bits per heavy atom. The molecule has 166 valence electrons. The van der Waals surface area contributed by atoms with Crippen LogP contribution < -0.4 is 10.2 Å². The van der Waals surface area contributed by atoms with E-state index >= 15 is 0 Å². The van der Waals surface area contributed by atoms with Gasteiger partial charge in [-0.15, -0.1) is 11.3 Å². The first kappa shape index (κ1) is 21.9. The molecule has 1 aliphatic heterocycles. The smallest absolute Gasteiger partial charge is 0.341 e. The van der Waals surface area contributed by atoms with E-state index < -0.39 is 0 Å². The van der Waals surface area contributed by atoms with Gasteiger partial charge >= 0.3 is 5.97 Å². The van der Waals surface area contributed by atoms with Gasteiger partial charge in [0.25, 0.3) is 0 Å².